The Hall–Kier alpha value is -2.04. The summed E-state index contributed by atoms with van der Waals surface area (Å²) in [6.07, 6.45) is 4.08. The zero-order valence-corrected chi connectivity index (χ0v) is 15.5. The molecule has 0 radical (unpaired) electrons. The van der Waals surface area contributed by atoms with E-state index in [1.165, 1.54) is 0 Å². The minimum atomic E-state index is -0.342. The van der Waals surface area contributed by atoms with Crippen LogP contribution in [0.2, 0.25) is 0 Å². The molecule has 0 aromatic heterocycles. The van der Waals surface area contributed by atoms with Gasteiger partial charge in [-0.3, -0.25) is 9.59 Å². The molecule has 1 heterocycles. The number of fused-ring (bicyclic) bond motifs is 1. The third-order valence-electron chi connectivity index (χ3n) is 5.69. The molecule has 1 saturated carbocycles. The first kappa shape index (κ1) is 17.8. The van der Waals surface area contributed by atoms with Crippen LogP contribution in [0.3, 0.4) is 0 Å². The molecular formula is C20H28N2O3. The van der Waals surface area contributed by atoms with E-state index in [-0.39, 0.29) is 23.5 Å². The van der Waals surface area contributed by atoms with E-state index >= 15 is 0 Å². The maximum atomic E-state index is 12.1. The molecule has 0 N–H and O–H groups in total. The van der Waals surface area contributed by atoms with Gasteiger partial charge in [0.05, 0.1) is 6.54 Å². The van der Waals surface area contributed by atoms with Crippen molar-refractivity contribution >= 4 is 11.8 Å². The smallest absolute Gasteiger partial charge is 0.222 e. The van der Waals surface area contributed by atoms with Crippen molar-refractivity contribution in [2.45, 2.75) is 64.1 Å². The Kier molecular flexibility index (Phi) is 5.02. The lowest BCUT2D eigenvalue weighted by Gasteiger charge is -2.43. The highest BCUT2D eigenvalue weighted by Gasteiger charge is 2.42. The van der Waals surface area contributed by atoms with E-state index < -0.39 is 0 Å². The summed E-state index contributed by atoms with van der Waals surface area (Å²) in [5.41, 5.74) is 0.722. The molecule has 1 aliphatic heterocycles. The quantitative estimate of drug-likeness (QED) is 0.829. The number of benzene rings is 1. The van der Waals surface area contributed by atoms with Crippen molar-refractivity contribution in [3.63, 3.8) is 0 Å². The average molecular weight is 344 g/mol. The summed E-state index contributed by atoms with van der Waals surface area (Å²) >= 11 is 0. The van der Waals surface area contributed by atoms with Crippen molar-refractivity contribution in [1.29, 1.82) is 0 Å². The number of carbonyl (C=O) groups excluding carboxylic acids is 2. The molecule has 5 nitrogen and oxygen atoms in total. The maximum Gasteiger partial charge on any atom is 0.222 e. The van der Waals surface area contributed by atoms with Crippen molar-refractivity contribution in [2.24, 2.45) is 0 Å². The van der Waals surface area contributed by atoms with Crippen molar-refractivity contribution in [1.82, 2.24) is 9.80 Å². The molecule has 1 spiro atoms. The van der Waals surface area contributed by atoms with E-state index in [2.05, 4.69) is 0 Å². The first-order valence-electron chi connectivity index (χ1n) is 9.22. The molecule has 5 heteroatoms. The van der Waals surface area contributed by atoms with Gasteiger partial charge in [-0.25, -0.2) is 0 Å². The fraction of sp³-hybridized carbons (Fsp3) is 0.600. The fourth-order valence-corrected chi connectivity index (χ4v) is 4.06. The Morgan fingerprint density at radius 3 is 2.60 bits per heavy atom. The molecule has 1 aromatic carbocycles. The van der Waals surface area contributed by atoms with Gasteiger partial charge in [0.1, 0.15) is 11.4 Å². The monoisotopic (exact) mass is 344 g/mol. The first-order valence-corrected chi connectivity index (χ1v) is 9.22. The van der Waals surface area contributed by atoms with Gasteiger partial charge in [-0.2, -0.15) is 0 Å². The van der Waals surface area contributed by atoms with Crippen molar-refractivity contribution in [3.05, 3.63) is 29.8 Å². The highest BCUT2D eigenvalue weighted by molar-refractivity contribution is 5.76. The van der Waals surface area contributed by atoms with Gasteiger partial charge < -0.3 is 14.5 Å². The lowest BCUT2D eigenvalue weighted by atomic mass is 9.81. The summed E-state index contributed by atoms with van der Waals surface area (Å²) < 4.78 is 6.48. The van der Waals surface area contributed by atoms with Crippen LogP contribution in [0.4, 0.5) is 0 Å². The number of rotatable bonds is 2. The molecule has 1 aliphatic carbocycles. The molecule has 136 valence electrons. The minimum absolute atomic E-state index is 0.0834. The van der Waals surface area contributed by atoms with E-state index in [4.69, 9.17) is 4.74 Å². The molecule has 3 rings (SSSR count). The topological polar surface area (TPSA) is 49.9 Å². The number of para-hydroxylation sites is 1. The zero-order chi connectivity index (χ0) is 18.0. The van der Waals surface area contributed by atoms with Crippen molar-refractivity contribution in [2.75, 3.05) is 13.6 Å². The Balaban J connectivity index is 1.79. The standard InChI is InChI=1S/C20H28N2O3/c1-4-19(24)21(3)17-9-11-20(12-10-17)14-22(15(2)23)13-16-7-5-6-8-18(16)25-20/h5-8,17H,4,9-14H2,1-3H3. The summed E-state index contributed by atoms with van der Waals surface area (Å²) in [4.78, 5) is 27.9. The van der Waals surface area contributed by atoms with Crippen LogP contribution in [0.1, 0.15) is 51.5 Å². The summed E-state index contributed by atoms with van der Waals surface area (Å²) in [6.45, 7) is 4.75. The average Bonchev–Trinajstić information content (AvgIpc) is 2.77. The number of hydrogen-bond acceptors (Lipinski definition) is 3. The van der Waals surface area contributed by atoms with Crippen LogP contribution in [-0.4, -0.2) is 46.8 Å². The van der Waals surface area contributed by atoms with E-state index in [1.54, 1.807) is 6.92 Å². The molecule has 0 bridgehead atoms. The van der Waals surface area contributed by atoms with Crippen LogP contribution in [0, 0.1) is 0 Å². The number of hydrogen-bond donors (Lipinski definition) is 0. The highest BCUT2D eigenvalue weighted by atomic mass is 16.5. The number of carbonyl (C=O) groups is 2. The maximum absolute atomic E-state index is 12.1. The molecule has 1 fully saturated rings. The lowest BCUT2D eigenvalue weighted by Crippen LogP contribution is -2.52. The molecule has 0 unspecified atom stereocenters. The van der Waals surface area contributed by atoms with Gasteiger partial charge in [-0.15, -0.1) is 0 Å². The van der Waals surface area contributed by atoms with Gasteiger partial charge >= 0.3 is 0 Å². The predicted molar refractivity (Wildman–Crippen MR) is 96.2 cm³/mol. The van der Waals surface area contributed by atoms with E-state index in [1.807, 2.05) is 48.0 Å². The van der Waals surface area contributed by atoms with Crippen molar-refractivity contribution < 1.29 is 14.3 Å². The third kappa shape index (κ3) is 3.65. The summed E-state index contributed by atoms with van der Waals surface area (Å²) in [5.74, 6) is 1.17. The van der Waals surface area contributed by atoms with Gasteiger partial charge in [-0.1, -0.05) is 25.1 Å². The SMILES string of the molecule is CCC(=O)N(C)C1CCC2(CC1)CN(C(C)=O)Cc1ccccc1O2. The van der Waals surface area contributed by atoms with Crippen LogP contribution in [-0.2, 0) is 16.1 Å². The molecule has 0 saturated heterocycles. The van der Waals surface area contributed by atoms with E-state index in [9.17, 15) is 9.59 Å². The molecule has 1 aromatic rings. The fourth-order valence-electron chi connectivity index (χ4n) is 4.06. The zero-order valence-electron chi connectivity index (χ0n) is 15.5. The van der Waals surface area contributed by atoms with E-state index in [0.717, 1.165) is 37.0 Å². The van der Waals surface area contributed by atoms with Crippen LogP contribution >= 0.6 is 0 Å². The van der Waals surface area contributed by atoms with Crippen LogP contribution in [0.15, 0.2) is 24.3 Å². The molecule has 2 aliphatic rings. The molecule has 2 amide bonds. The van der Waals surface area contributed by atoms with Crippen LogP contribution in [0.25, 0.3) is 0 Å². The summed E-state index contributed by atoms with van der Waals surface area (Å²) in [6, 6.07) is 8.27. The second-order valence-electron chi connectivity index (χ2n) is 7.36. The van der Waals surface area contributed by atoms with Gasteiger partial charge in [0.2, 0.25) is 11.8 Å². The minimum Gasteiger partial charge on any atom is -0.485 e. The van der Waals surface area contributed by atoms with Crippen LogP contribution in [0.5, 0.6) is 5.75 Å². The largest absolute Gasteiger partial charge is 0.485 e. The Morgan fingerprint density at radius 2 is 1.96 bits per heavy atom. The normalized spacial score (nSPS) is 25.7. The third-order valence-corrected chi connectivity index (χ3v) is 5.69. The Morgan fingerprint density at radius 1 is 1.28 bits per heavy atom. The Labute approximate surface area is 149 Å². The second kappa shape index (κ2) is 7.06. The highest BCUT2D eigenvalue weighted by Crippen LogP contribution is 2.39. The van der Waals surface area contributed by atoms with Crippen molar-refractivity contribution in [3.8, 4) is 5.75 Å². The molecular weight excluding hydrogens is 316 g/mol. The van der Waals surface area contributed by atoms with Gasteiger partial charge in [0.15, 0.2) is 0 Å². The van der Waals surface area contributed by atoms with Gasteiger partial charge in [0.25, 0.3) is 0 Å². The first-order chi connectivity index (χ1) is 11.9. The van der Waals surface area contributed by atoms with Gasteiger partial charge in [-0.05, 0) is 31.7 Å². The second-order valence-corrected chi connectivity index (χ2v) is 7.36. The van der Waals surface area contributed by atoms with Crippen LogP contribution < -0.4 is 4.74 Å². The predicted octanol–water partition coefficient (Wildman–Crippen LogP) is 2.98. The number of nitrogens with zero attached hydrogens (tertiary/aromatic N) is 2. The Bertz CT molecular complexity index is 650. The molecule has 0 atom stereocenters. The summed E-state index contributed by atoms with van der Waals surface area (Å²) in [5, 5.41) is 0. The van der Waals surface area contributed by atoms with E-state index in [0.29, 0.717) is 19.5 Å². The number of amides is 2. The van der Waals surface area contributed by atoms with Gasteiger partial charge in [0, 0.05) is 38.5 Å². The number of ether oxygens (including phenoxy) is 1. The molecule has 25 heavy (non-hydrogen) atoms. The lowest BCUT2D eigenvalue weighted by molar-refractivity contribution is -0.134. The summed E-state index contributed by atoms with van der Waals surface area (Å²) in [7, 11) is 1.90.